The van der Waals surface area contributed by atoms with E-state index < -0.39 is 0 Å². The molecule has 0 aromatic carbocycles. The molecule has 0 aliphatic carbocycles. The van der Waals surface area contributed by atoms with Crippen LogP contribution in [0.15, 0.2) is 0 Å². The lowest BCUT2D eigenvalue weighted by Crippen LogP contribution is -2.39. The Bertz CT molecular complexity index is 172. The van der Waals surface area contributed by atoms with E-state index in [0.29, 0.717) is 6.04 Å². The van der Waals surface area contributed by atoms with Crippen LogP contribution in [0.2, 0.25) is 0 Å². The topological polar surface area (TPSA) is 44.7 Å². The lowest BCUT2D eigenvalue weighted by molar-refractivity contribution is 0.151. The van der Waals surface area contributed by atoms with Gasteiger partial charge in [-0.05, 0) is 39.4 Å². The Morgan fingerprint density at radius 3 is 2.94 bits per heavy atom. The van der Waals surface area contributed by atoms with Crippen molar-refractivity contribution in [1.82, 2.24) is 10.2 Å². The molecule has 2 atom stereocenters. The van der Waals surface area contributed by atoms with Crippen molar-refractivity contribution in [3.8, 4) is 0 Å². The molecule has 0 aromatic heterocycles. The third-order valence-electron chi connectivity index (χ3n) is 3.26. The van der Waals surface area contributed by atoms with E-state index >= 15 is 0 Å². The number of aliphatic hydroxyl groups is 1. The average Bonchev–Trinajstić information content (AvgIpc) is 2.82. The Kier molecular flexibility index (Phi) is 6.96. The van der Waals surface area contributed by atoms with Gasteiger partial charge in [-0.1, -0.05) is 6.92 Å². The molecule has 1 fully saturated rings. The zero-order chi connectivity index (χ0) is 11.8. The highest BCUT2D eigenvalue weighted by Gasteiger charge is 2.20. The minimum atomic E-state index is 0.231. The molecule has 16 heavy (non-hydrogen) atoms. The first kappa shape index (κ1) is 13.9. The fourth-order valence-electron chi connectivity index (χ4n) is 2.02. The number of nitrogens with zero attached hydrogens (tertiary/aromatic N) is 1. The summed E-state index contributed by atoms with van der Waals surface area (Å²) in [4.78, 5) is 2.35. The van der Waals surface area contributed by atoms with E-state index in [2.05, 4.69) is 24.2 Å². The fraction of sp³-hybridized carbons (Fsp3) is 1.00. The lowest BCUT2D eigenvalue weighted by atomic mass is 10.1. The Morgan fingerprint density at radius 1 is 1.56 bits per heavy atom. The molecule has 1 rings (SSSR count). The van der Waals surface area contributed by atoms with Gasteiger partial charge in [-0.15, -0.1) is 0 Å². The predicted molar refractivity (Wildman–Crippen MR) is 65.6 cm³/mol. The third kappa shape index (κ3) is 4.78. The van der Waals surface area contributed by atoms with Crippen LogP contribution in [0.4, 0.5) is 0 Å². The van der Waals surface area contributed by atoms with Crippen molar-refractivity contribution in [2.24, 2.45) is 0 Å². The van der Waals surface area contributed by atoms with Gasteiger partial charge in [-0.25, -0.2) is 0 Å². The van der Waals surface area contributed by atoms with Crippen LogP contribution in [0.1, 0.15) is 26.2 Å². The minimum Gasteiger partial charge on any atom is -0.395 e. The van der Waals surface area contributed by atoms with Crippen LogP contribution < -0.4 is 5.32 Å². The molecular weight excluding hydrogens is 204 g/mol. The maximum Gasteiger partial charge on any atom is 0.0622 e. The van der Waals surface area contributed by atoms with Crippen LogP contribution in [0.5, 0.6) is 0 Å². The maximum absolute atomic E-state index is 9.23. The highest BCUT2D eigenvalue weighted by Crippen LogP contribution is 2.11. The zero-order valence-electron chi connectivity index (χ0n) is 10.6. The molecule has 4 heteroatoms. The highest BCUT2D eigenvalue weighted by molar-refractivity contribution is 4.75. The smallest absolute Gasteiger partial charge is 0.0622 e. The number of likely N-dealkylation sites (N-methyl/N-ethyl adjacent to an activating group) is 1. The van der Waals surface area contributed by atoms with Crippen molar-refractivity contribution in [2.75, 3.05) is 40.0 Å². The van der Waals surface area contributed by atoms with E-state index in [9.17, 15) is 5.11 Å². The van der Waals surface area contributed by atoms with Crippen molar-refractivity contribution in [3.05, 3.63) is 0 Å². The van der Waals surface area contributed by atoms with Crippen molar-refractivity contribution in [1.29, 1.82) is 0 Å². The summed E-state index contributed by atoms with van der Waals surface area (Å²) in [5.74, 6) is 0. The summed E-state index contributed by atoms with van der Waals surface area (Å²) in [6, 6.07) is 0.815. The van der Waals surface area contributed by atoms with Crippen LogP contribution >= 0.6 is 0 Å². The molecule has 1 heterocycles. The van der Waals surface area contributed by atoms with Gasteiger partial charge >= 0.3 is 0 Å². The molecule has 0 amide bonds. The Labute approximate surface area is 99.0 Å². The standard InChI is InChI=1S/C12H26N2O2/c1-3-6-13-11(9-15)4-7-14(2)12-5-8-16-10-12/h11-13,15H,3-10H2,1-2H3. The van der Waals surface area contributed by atoms with Gasteiger partial charge in [-0.3, -0.25) is 0 Å². The number of aliphatic hydroxyl groups excluding tert-OH is 1. The Morgan fingerprint density at radius 2 is 2.38 bits per heavy atom. The van der Waals surface area contributed by atoms with Crippen molar-refractivity contribution in [2.45, 2.75) is 38.3 Å². The van der Waals surface area contributed by atoms with Crippen molar-refractivity contribution < 1.29 is 9.84 Å². The number of hydrogen-bond donors (Lipinski definition) is 2. The van der Waals surface area contributed by atoms with Gasteiger partial charge in [-0.2, -0.15) is 0 Å². The first-order valence-electron chi connectivity index (χ1n) is 6.40. The first-order valence-corrected chi connectivity index (χ1v) is 6.40. The van der Waals surface area contributed by atoms with Crippen molar-refractivity contribution >= 4 is 0 Å². The molecule has 0 aromatic rings. The van der Waals surface area contributed by atoms with E-state index in [4.69, 9.17) is 4.74 Å². The second-order valence-corrected chi connectivity index (χ2v) is 4.62. The van der Waals surface area contributed by atoms with Gasteiger partial charge in [0.15, 0.2) is 0 Å². The lowest BCUT2D eigenvalue weighted by Gasteiger charge is -2.25. The molecule has 1 aliphatic heterocycles. The SMILES string of the molecule is CCCNC(CO)CCN(C)C1CCOC1. The Balaban J connectivity index is 2.14. The number of rotatable bonds is 8. The summed E-state index contributed by atoms with van der Waals surface area (Å²) in [5.41, 5.74) is 0. The van der Waals surface area contributed by atoms with Gasteiger partial charge in [0, 0.05) is 18.7 Å². The van der Waals surface area contributed by atoms with Gasteiger partial charge in [0.2, 0.25) is 0 Å². The van der Waals surface area contributed by atoms with Crippen molar-refractivity contribution in [3.63, 3.8) is 0 Å². The van der Waals surface area contributed by atoms with E-state index in [-0.39, 0.29) is 12.6 Å². The molecule has 4 nitrogen and oxygen atoms in total. The van der Waals surface area contributed by atoms with Crippen LogP contribution in [0, 0.1) is 0 Å². The average molecular weight is 230 g/mol. The van der Waals surface area contributed by atoms with Gasteiger partial charge < -0.3 is 20.1 Å². The monoisotopic (exact) mass is 230 g/mol. The molecule has 96 valence electrons. The molecule has 0 bridgehead atoms. The van der Waals surface area contributed by atoms with E-state index in [1.165, 1.54) is 0 Å². The summed E-state index contributed by atoms with van der Waals surface area (Å²) < 4.78 is 5.37. The summed E-state index contributed by atoms with van der Waals surface area (Å²) in [5, 5.41) is 12.6. The van der Waals surface area contributed by atoms with Gasteiger partial charge in [0.25, 0.3) is 0 Å². The molecule has 0 spiro atoms. The maximum atomic E-state index is 9.23. The van der Waals surface area contributed by atoms with Gasteiger partial charge in [0.05, 0.1) is 13.2 Å². The largest absolute Gasteiger partial charge is 0.395 e. The number of hydrogen-bond acceptors (Lipinski definition) is 4. The van der Waals surface area contributed by atoms with E-state index in [1.54, 1.807) is 0 Å². The second-order valence-electron chi connectivity index (χ2n) is 4.62. The number of nitrogens with one attached hydrogen (secondary N) is 1. The molecular formula is C12H26N2O2. The van der Waals surface area contributed by atoms with Crippen LogP contribution in [0.25, 0.3) is 0 Å². The molecule has 1 aliphatic rings. The molecule has 0 radical (unpaired) electrons. The molecule has 2 unspecified atom stereocenters. The minimum absolute atomic E-state index is 0.231. The Hall–Kier alpha value is -0.160. The third-order valence-corrected chi connectivity index (χ3v) is 3.26. The van der Waals surface area contributed by atoms with E-state index in [1.807, 2.05) is 0 Å². The fourth-order valence-corrected chi connectivity index (χ4v) is 2.02. The normalized spacial score (nSPS) is 22.9. The second kappa shape index (κ2) is 8.01. The molecule has 0 saturated carbocycles. The molecule has 2 N–H and O–H groups in total. The van der Waals surface area contributed by atoms with Crippen LogP contribution in [-0.2, 0) is 4.74 Å². The quantitative estimate of drug-likeness (QED) is 0.636. The summed E-state index contributed by atoms with van der Waals surface area (Å²) in [7, 11) is 2.15. The first-order chi connectivity index (χ1) is 7.77. The summed E-state index contributed by atoms with van der Waals surface area (Å²) >= 11 is 0. The zero-order valence-corrected chi connectivity index (χ0v) is 10.6. The van der Waals surface area contributed by atoms with E-state index in [0.717, 1.165) is 45.6 Å². The number of ether oxygens (including phenoxy) is 1. The highest BCUT2D eigenvalue weighted by atomic mass is 16.5. The van der Waals surface area contributed by atoms with Crippen LogP contribution in [-0.4, -0.2) is 62.0 Å². The van der Waals surface area contributed by atoms with Crippen LogP contribution in [0.3, 0.4) is 0 Å². The summed E-state index contributed by atoms with van der Waals surface area (Å²) in [6.45, 7) is 6.14. The van der Waals surface area contributed by atoms with Gasteiger partial charge in [0.1, 0.15) is 0 Å². The summed E-state index contributed by atoms with van der Waals surface area (Å²) in [6.07, 6.45) is 3.26. The molecule has 1 saturated heterocycles. The predicted octanol–water partition coefficient (Wildman–Crippen LogP) is 0.458.